The van der Waals surface area contributed by atoms with Gasteiger partial charge in [0.15, 0.2) is 46.0 Å². The zero-order chi connectivity index (χ0) is 102. The molecule has 12 saturated carbocycles. The van der Waals surface area contributed by atoms with Crippen molar-refractivity contribution < 1.29 is 108 Å². The average molecular weight is 2050 g/mol. The molecule has 28 atom stereocenters. The molecule has 0 radical (unpaired) electrons. The Morgan fingerprint density at radius 2 is 0.638 bits per heavy atom. The fourth-order valence-electron chi connectivity index (χ4n) is 34.7. The van der Waals surface area contributed by atoms with E-state index < -0.39 is 79.2 Å². The highest BCUT2D eigenvalue weighted by Gasteiger charge is 2.80. The summed E-state index contributed by atoms with van der Waals surface area (Å²) in [5.74, 6) is 4.63. The van der Waals surface area contributed by atoms with Crippen LogP contribution in [0.5, 0.6) is 51.7 Å². The summed E-state index contributed by atoms with van der Waals surface area (Å²) in [4.78, 5) is 71.8. The number of phenolic OH excluding ortho intramolecular Hbond substituents is 5. The first kappa shape index (κ1) is 94.9. The van der Waals surface area contributed by atoms with E-state index in [-0.39, 0.29) is 148 Å². The number of ether oxygens (including phenoxy) is 4. The molecule has 4 amide bonds. The molecule has 31 heteroatoms. The first-order valence-electron chi connectivity index (χ1n) is 55.6. The van der Waals surface area contributed by atoms with Crippen LogP contribution >= 0.6 is 11.3 Å². The smallest absolute Gasteiger partial charge is 0.226 e. The van der Waals surface area contributed by atoms with Crippen LogP contribution in [0, 0.1) is 29.6 Å². The largest absolute Gasteiger partial charge is 0.508 e. The van der Waals surface area contributed by atoms with Crippen molar-refractivity contribution >= 4 is 35.0 Å². The van der Waals surface area contributed by atoms with Crippen molar-refractivity contribution in [2.24, 2.45) is 29.6 Å². The molecule has 12 N–H and O–H groups in total. The number of thiophene rings is 1. The Balaban J connectivity index is 0.0000000935. The maximum absolute atomic E-state index is 13.8. The van der Waals surface area contributed by atoms with Crippen LogP contribution in [0.4, 0.5) is 0 Å². The number of nitrogens with zero attached hydrogens (tertiary/aromatic N) is 8. The first-order chi connectivity index (χ1) is 71.6. The van der Waals surface area contributed by atoms with Gasteiger partial charge in [0.2, 0.25) is 23.6 Å². The monoisotopic (exact) mass is 2050 g/mol. The van der Waals surface area contributed by atoms with Crippen LogP contribution in [0.15, 0.2) is 136 Å². The number of amides is 4. The van der Waals surface area contributed by atoms with Gasteiger partial charge in [-0.1, -0.05) is 36.4 Å². The van der Waals surface area contributed by atoms with Crippen LogP contribution in [0.1, 0.15) is 245 Å². The zero-order valence-electron chi connectivity index (χ0n) is 85.1. The molecular formula is C118H138N8O22S. The summed E-state index contributed by atoms with van der Waals surface area (Å²) in [6.07, 6.45) is 26.5. The lowest BCUT2D eigenvalue weighted by atomic mass is 9.48. The maximum Gasteiger partial charge on any atom is 0.226 e. The third-order valence-corrected chi connectivity index (χ3v) is 44.1. The number of aromatic hydroxyl groups is 5. The van der Waals surface area contributed by atoms with Crippen molar-refractivity contribution in [2.75, 3.05) is 80.5 Å². The van der Waals surface area contributed by atoms with Gasteiger partial charge in [-0.15, -0.1) is 0 Å². The number of rotatable bonds is 20. The second kappa shape index (κ2) is 32.6. The average Bonchev–Trinajstić information content (AvgIpc) is 1.31. The van der Waals surface area contributed by atoms with Gasteiger partial charge in [0.25, 0.3) is 0 Å². The van der Waals surface area contributed by atoms with Gasteiger partial charge in [-0.05, 0) is 345 Å². The van der Waals surface area contributed by atoms with E-state index in [1.165, 1.54) is 24.0 Å². The molecule has 3 aromatic heterocycles. The Morgan fingerprint density at radius 1 is 0.342 bits per heavy atom. The number of piperidine rings is 4. The zero-order valence-corrected chi connectivity index (χ0v) is 86.0. The summed E-state index contributed by atoms with van der Waals surface area (Å²) in [7, 11) is 7.56. The summed E-state index contributed by atoms with van der Waals surface area (Å²) < 4.78 is 37.0. The molecule has 12 unspecified atom stereocenters. The Labute approximate surface area is 869 Å². The van der Waals surface area contributed by atoms with Crippen molar-refractivity contribution in [3.8, 4) is 51.7 Å². The van der Waals surface area contributed by atoms with Gasteiger partial charge in [0.1, 0.15) is 30.2 Å². The molecule has 16 aliphatic carbocycles. The van der Waals surface area contributed by atoms with Crippen LogP contribution < -0.4 is 18.9 Å². The lowest BCUT2D eigenvalue weighted by Crippen LogP contribution is -2.78. The molecule has 149 heavy (non-hydrogen) atoms. The van der Waals surface area contributed by atoms with Crippen LogP contribution in [-0.2, 0) is 66.5 Å². The Kier molecular flexibility index (Phi) is 20.7. The van der Waals surface area contributed by atoms with Gasteiger partial charge >= 0.3 is 0 Å². The van der Waals surface area contributed by atoms with Crippen molar-refractivity contribution in [3.05, 3.63) is 194 Å². The van der Waals surface area contributed by atoms with Crippen LogP contribution in [0.3, 0.4) is 0 Å². The molecule has 4 saturated heterocycles. The first-order valence-corrected chi connectivity index (χ1v) is 56.6. The number of furan rings is 2. The van der Waals surface area contributed by atoms with E-state index in [2.05, 4.69) is 36.4 Å². The van der Waals surface area contributed by atoms with E-state index in [1.54, 1.807) is 72.8 Å². The predicted molar refractivity (Wildman–Crippen MR) is 543 cm³/mol. The molecule has 30 nitrogen and oxygen atoms in total. The molecule has 4 spiro atoms. The van der Waals surface area contributed by atoms with Gasteiger partial charge < -0.3 is 109 Å². The van der Waals surface area contributed by atoms with E-state index in [4.69, 9.17) is 27.8 Å². The third-order valence-electron chi connectivity index (χ3n) is 43.4. The molecule has 788 valence electrons. The Morgan fingerprint density at radius 3 is 0.919 bits per heavy atom. The minimum Gasteiger partial charge on any atom is -0.508 e. The van der Waals surface area contributed by atoms with Gasteiger partial charge in [-0.3, -0.25) is 38.8 Å². The number of hydrogen-bond acceptors (Lipinski definition) is 27. The SMILES string of the molecule is CN(C(=O)C1CC1c1ccc(O)cc1)C1CC[C@@]2(O)[C@H]3Cc4ccc(O)c5c4[C@@]2(CCN3CC2(O)CC2)[C@H]1O5.CN(C(=O)C1CC1c1ccoc1)C1CC[C@@]2(O)[C@H]3Cc4ccc(O)c5c4[C@@]2(CCN3CC2(O)CC2)[C@H]1O5.CN(C(=O)C1CC1c1ccoc1)C1CC[C@@]2(O)[C@H]3Cc4ccc(O)c5c4[C@@]2(CCN3CC2CC2)[C@H]1O5.CN(C(=O)C1CC1c1ccsc1)C1CC[C@@]2(O)[C@H]3Cc4ccc(O)c5c4[C@@]2(CCN3CC2(O)CC2)[C@H]1O5. The molecule has 24 aliphatic rings. The number of carbonyl (C=O) groups is 4. The fourth-order valence-corrected chi connectivity index (χ4v) is 35.4. The lowest BCUT2D eigenvalue weighted by Gasteiger charge is -2.64. The highest BCUT2D eigenvalue weighted by molar-refractivity contribution is 7.08. The maximum atomic E-state index is 13.8. The van der Waals surface area contributed by atoms with Gasteiger partial charge in [-0.25, -0.2) is 0 Å². The number of phenols is 5. The minimum atomic E-state index is -1.07. The number of benzene rings is 5. The molecular weight excluding hydrogens is 1910 g/mol. The molecule has 32 rings (SSSR count). The summed E-state index contributed by atoms with van der Waals surface area (Å²) in [5.41, 5.74) is 4.24. The van der Waals surface area contributed by atoms with Crippen molar-refractivity contribution in [3.63, 3.8) is 0 Å². The molecule has 8 aliphatic heterocycles. The molecule has 16 fully saturated rings. The lowest BCUT2D eigenvalue weighted by molar-refractivity contribution is -0.203. The van der Waals surface area contributed by atoms with E-state index in [0.29, 0.717) is 138 Å². The number of likely N-dealkylation sites (tertiary alicyclic amines) is 4. The second-order valence-electron chi connectivity index (χ2n) is 50.7. The van der Waals surface area contributed by atoms with Crippen molar-refractivity contribution in [2.45, 2.75) is 337 Å². The van der Waals surface area contributed by atoms with E-state index in [0.717, 1.165) is 171 Å². The highest BCUT2D eigenvalue weighted by Crippen LogP contribution is 2.73. The minimum absolute atomic E-state index is 0.00545. The number of carbonyl (C=O) groups excluding carboxylic acids is 4. The second-order valence-corrected chi connectivity index (χ2v) is 51.5. The molecule has 8 bridgehead atoms. The number of aliphatic hydroxyl groups is 7. The quantitative estimate of drug-likeness (QED) is 0.0337. The highest BCUT2D eigenvalue weighted by atomic mass is 32.1. The fraction of sp³-hybridized carbons (Fsp3) is 0.610. The van der Waals surface area contributed by atoms with Crippen molar-refractivity contribution in [1.29, 1.82) is 0 Å². The van der Waals surface area contributed by atoms with Gasteiger partial charge in [0.05, 0.1) is 110 Å². The normalized spacial score (nSPS) is 39.6. The summed E-state index contributed by atoms with van der Waals surface area (Å²) in [5, 5.41) is 140. The molecule has 11 heterocycles. The number of β-amino-alcohol motifs (C(OH)–C–C–N with tert-alkyl or cyclic N) is 3. The van der Waals surface area contributed by atoms with E-state index in [1.807, 2.05) is 96.3 Å². The Bertz CT molecular complexity index is 6590. The molecule has 8 aromatic rings. The van der Waals surface area contributed by atoms with E-state index in [9.17, 15) is 80.5 Å². The Hall–Kier alpha value is -10.0. The summed E-state index contributed by atoms with van der Waals surface area (Å²) >= 11 is 1.67. The number of likely N-dealkylation sites (N-methyl/N-ethyl adjacent to an activating group) is 4. The van der Waals surface area contributed by atoms with Crippen LogP contribution in [-0.4, -0.2) is 317 Å². The third kappa shape index (κ3) is 13.6. The van der Waals surface area contributed by atoms with E-state index >= 15 is 0 Å². The predicted octanol–water partition coefficient (Wildman–Crippen LogP) is 10.6. The summed E-state index contributed by atoms with van der Waals surface area (Å²) in [6.45, 7) is 5.98. The topological polar surface area (TPSA) is 400 Å². The number of hydrogen-bond donors (Lipinski definition) is 12. The molecule has 5 aromatic carbocycles. The van der Waals surface area contributed by atoms with Crippen molar-refractivity contribution in [1.82, 2.24) is 39.2 Å². The van der Waals surface area contributed by atoms with Crippen LogP contribution in [0.2, 0.25) is 0 Å². The van der Waals surface area contributed by atoms with Gasteiger partial charge in [-0.2, -0.15) is 11.3 Å². The van der Waals surface area contributed by atoms with Gasteiger partial charge in [0, 0.05) is 124 Å². The standard InChI is InChI=1S/C31H36N2O6.C29H34N2O6.C29H34N2O5S.C29H34N2O5/c1-32(28(36)21-15-20(21)17-2-5-19(34)6-3-17)22-8-9-31(38)24-14-18-4-7-23(35)26-25(18)30(31,27(22)39-26)12-13-33(24)16-29(37)10-11-29;1-30(26(33)19-13-18(19)17-5-11-36-14-17)20-4-6-29(35)22-12-16-2-3-21(32)24-23(16)28(29,25(20)37-24)9-10-31(22)15-27(34)7-8-27;1-30(26(33)19-13-18(19)17-5-11-37-14-17)20-4-6-29(35)22-12-16-2-3-21(32)24-23(16)28(29,25(20)36-24)9-10-31(22)15-27(34)7-8-27;1-30(27(33)20-13-19(20)18-7-11-35-15-18)21-6-8-29(34)23-12-17-4-5-22(32)25-24(17)28(29,26(21)36-25)9-10-31(23)14-16-2-3-16/h2-7,20-22,24,27,34-35,37-38H,8-16H2,1H3;2*2-3,5,11,14,18-20,22,25,32,34-35H,4,6-10,12-13,15H2,1H3;4-5,7,11,15-16,19-21,23,26,32,34H,2-3,6,8-10,12-14H2,1H3/t20?,21?,22?,24-,27+,30+,31-;2*18?,19?,20?,22-,25+,28+,29-;19?,20?,21?,23-,26+,28+,29-/m1111/s1. The van der Waals surface area contributed by atoms with Crippen LogP contribution in [0.25, 0.3) is 0 Å². The summed E-state index contributed by atoms with van der Waals surface area (Å²) in [6, 6.07) is 26.9.